The monoisotopic (exact) mass is 351 g/mol. The fourth-order valence-electron chi connectivity index (χ4n) is 2.96. The minimum atomic E-state index is -0.542. The number of aryl methyl sites for hydroxylation is 1. The van der Waals surface area contributed by atoms with Crippen molar-refractivity contribution in [2.24, 2.45) is 5.73 Å². The molecule has 0 aliphatic rings. The highest BCUT2D eigenvalue weighted by Gasteiger charge is 2.19. The van der Waals surface area contributed by atoms with Crippen LogP contribution in [0.5, 0.6) is 0 Å². The number of nitrogens with zero attached hydrogens (tertiary/aromatic N) is 2. The van der Waals surface area contributed by atoms with Gasteiger partial charge in [-0.05, 0) is 42.3 Å². The Labute approximate surface area is 148 Å². The average molecular weight is 352 g/mol. The number of amides is 1. The Bertz CT molecular complexity index is 1110. The highest BCUT2D eigenvalue weighted by Crippen LogP contribution is 2.34. The van der Waals surface area contributed by atoms with E-state index in [0.29, 0.717) is 27.7 Å². The van der Waals surface area contributed by atoms with Crippen LogP contribution in [-0.4, -0.2) is 25.8 Å². The SMILES string of the molecule is Cc1ccc(Cl)cc1-c1cc(-c2ncnc3[nH]ccc23)[nH]c1C(N)=O. The molecule has 4 aromatic rings. The van der Waals surface area contributed by atoms with Gasteiger partial charge in [-0.3, -0.25) is 4.79 Å². The molecule has 6 nitrogen and oxygen atoms in total. The van der Waals surface area contributed by atoms with Crippen LogP contribution >= 0.6 is 11.6 Å². The van der Waals surface area contributed by atoms with Crippen LogP contribution in [0.4, 0.5) is 0 Å². The van der Waals surface area contributed by atoms with Crippen molar-refractivity contribution >= 4 is 28.5 Å². The van der Waals surface area contributed by atoms with E-state index in [0.717, 1.165) is 22.2 Å². The number of benzene rings is 1. The molecule has 4 N–H and O–H groups in total. The van der Waals surface area contributed by atoms with Crippen LogP contribution in [0, 0.1) is 6.92 Å². The van der Waals surface area contributed by atoms with Crippen molar-refractivity contribution in [3.8, 4) is 22.5 Å². The first-order valence-corrected chi connectivity index (χ1v) is 8.00. The van der Waals surface area contributed by atoms with E-state index >= 15 is 0 Å². The smallest absolute Gasteiger partial charge is 0.265 e. The van der Waals surface area contributed by atoms with E-state index in [1.54, 1.807) is 6.20 Å². The normalized spacial score (nSPS) is 11.1. The lowest BCUT2D eigenvalue weighted by molar-refractivity contribution is 0.0997. The zero-order chi connectivity index (χ0) is 17.6. The Morgan fingerprint density at radius 1 is 1.16 bits per heavy atom. The summed E-state index contributed by atoms with van der Waals surface area (Å²) in [7, 11) is 0. The first-order chi connectivity index (χ1) is 12.0. The van der Waals surface area contributed by atoms with Crippen molar-refractivity contribution in [2.45, 2.75) is 6.92 Å². The average Bonchev–Trinajstić information content (AvgIpc) is 3.23. The topological polar surface area (TPSA) is 100 Å². The number of aromatic nitrogens is 4. The Morgan fingerprint density at radius 2 is 2.00 bits per heavy atom. The first kappa shape index (κ1) is 15.4. The second-order valence-corrected chi connectivity index (χ2v) is 6.19. The van der Waals surface area contributed by atoms with Gasteiger partial charge >= 0.3 is 0 Å². The summed E-state index contributed by atoms with van der Waals surface area (Å²) < 4.78 is 0. The van der Waals surface area contributed by atoms with Crippen molar-refractivity contribution in [2.75, 3.05) is 0 Å². The Hall–Kier alpha value is -3.12. The Morgan fingerprint density at radius 3 is 2.80 bits per heavy atom. The number of aromatic amines is 2. The Kier molecular flexibility index (Phi) is 3.54. The number of rotatable bonds is 3. The quantitative estimate of drug-likeness (QED) is 0.524. The summed E-state index contributed by atoms with van der Waals surface area (Å²) in [5.74, 6) is -0.542. The van der Waals surface area contributed by atoms with Crippen molar-refractivity contribution < 1.29 is 4.79 Å². The second-order valence-electron chi connectivity index (χ2n) is 5.76. The lowest BCUT2D eigenvalue weighted by Crippen LogP contribution is -2.12. The van der Waals surface area contributed by atoms with Gasteiger partial charge in [0, 0.05) is 22.2 Å². The van der Waals surface area contributed by atoms with Gasteiger partial charge in [-0.2, -0.15) is 0 Å². The lowest BCUT2D eigenvalue weighted by atomic mass is 10.00. The van der Waals surface area contributed by atoms with Crippen LogP contribution in [0.2, 0.25) is 5.02 Å². The summed E-state index contributed by atoms with van der Waals surface area (Å²) in [4.78, 5) is 26.7. The third kappa shape index (κ3) is 2.56. The number of fused-ring (bicyclic) bond motifs is 1. The van der Waals surface area contributed by atoms with Gasteiger partial charge in [0.2, 0.25) is 0 Å². The molecule has 3 aromatic heterocycles. The number of carbonyl (C=O) groups is 1. The number of hydrogen-bond acceptors (Lipinski definition) is 3. The van der Waals surface area contributed by atoms with Crippen LogP contribution < -0.4 is 5.73 Å². The van der Waals surface area contributed by atoms with Crippen LogP contribution in [0.3, 0.4) is 0 Å². The fourth-order valence-corrected chi connectivity index (χ4v) is 3.13. The number of nitrogens with two attached hydrogens (primary N) is 1. The van der Waals surface area contributed by atoms with Gasteiger partial charge in [0.1, 0.15) is 17.7 Å². The number of carbonyl (C=O) groups excluding carboxylic acids is 1. The van der Waals surface area contributed by atoms with E-state index < -0.39 is 5.91 Å². The number of nitrogens with one attached hydrogen (secondary N) is 2. The van der Waals surface area contributed by atoms with Gasteiger partial charge in [-0.25, -0.2) is 9.97 Å². The van der Waals surface area contributed by atoms with Gasteiger partial charge in [0.05, 0.1) is 11.4 Å². The van der Waals surface area contributed by atoms with Gasteiger partial charge in [0.15, 0.2) is 0 Å². The number of H-pyrrole nitrogens is 2. The molecule has 0 unspecified atom stereocenters. The molecule has 0 saturated heterocycles. The molecular formula is C18H14ClN5O. The highest BCUT2D eigenvalue weighted by atomic mass is 35.5. The molecule has 0 aliphatic heterocycles. The molecule has 1 aromatic carbocycles. The fraction of sp³-hybridized carbons (Fsp3) is 0.0556. The molecule has 0 saturated carbocycles. The standard InChI is InChI=1S/C18H14ClN5O/c1-9-2-3-10(19)6-12(9)13-7-14(24-16(13)17(20)25)15-11-4-5-21-18(11)23-8-22-15/h2-8,24H,1H3,(H2,20,25)(H,21,22,23). The van der Waals surface area contributed by atoms with E-state index in [2.05, 4.69) is 19.9 Å². The van der Waals surface area contributed by atoms with E-state index in [1.807, 2.05) is 37.3 Å². The largest absolute Gasteiger partial charge is 0.364 e. The zero-order valence-corrected chi connectivity index (χ0v) is 14.1. The highest BCUT2D eigenvalue weighted by molar-refractivity contribution is 6.31. The van der Waals surface area contributed by atoms with Crippen molar-refractivity contribution in [1.29, 1.82) is 0 Å². The third-order valence-electron chi connectivity index (χ3n) is 4.16. The summed E-state index contributed by atoms with van der Waals surface area (Å²) in [6, 6.07) is 9.30. The molecule has 0 bridgehead atoms. The Balaban J connectivity index is 1.97. The molecule has 0 atom stereocenters. The van der Waals surface area contributed by atoms with Gasteiger partial charge in [-0.15, -0.1) is 0 Å². The predicted molar refractivity (Wildman–Crippen MR) is 97.4 cm³/mol. The molecular weight excluding hydrogens is 338 g/mol. The molecule has 1 amide bonds. The molecule has 0 aliphatic carbocycles. The number of primary amides is 1. The molecule has 3 heterocycles. The minimum absolute atomic E-state index is 0.322. The summed E-state index contributed by atoms with van der Waals surface area (Å²) in [6.45, 7) is 1.96. The molecule has 0 fully saturated rings. The maximum atomic E-state index is 12.0. The van der Waals surface area contributed by atoms with Crippen LogP contribution in [0.15, 0.2) is 42.9 Å². The summed E-state index contributed by atoms with van der Waals surface area (Å²) in [5.41, 5.74) is 10.6. The maximum absolute atomic E-state index is 12.0. The van der Waals surface area contributed by atoms with Crippen molar-refractivity contribution in [3.05, 3.63) is 59.1 Å². The molecule has 7 heteroatoms. The summed E-state index contributed by atoms with van der Waals surface area (Å²) in [5, 5.41) is 1.45. The third-order valence-corrected chi connectivity index (χ3v) is 4.40. The van der Waals surface area contributed by atoms with Crippen LogP contribution in [0.1, 0.15) is 16.1 Å². The van der Waals surface area contributed by atoms with Crippen LogP contribution in [-0.2, 0) is 0 Å². The van der Waals surface area contributed by atoms with Crippen molar-refractivity contribution in [3.63, 3.8) is 0 Å². The maximum Gasteiger partial charge on any atom is 0.265 e. The van der Waals surface area contributed by atoms with Crippen LogP contribution in [0.25, 0.3) is 33.5 Å². The molecule has 0 spiro atoms. The first-order valence-electron chi connectivity index (χ1n) is 7.62. The van der Waals surface area contributed by atoms with E-state index in [1.165, 1.54) is 6.33 Å². The van der Waals surface area contributed by atoms with E-state index in [4.69, 9.17) is 17.3 Å². The zero-order valence-electron chi connectivity index (χ0n) is 13.3. The van der Waals surface area contributed by atoms with Crippen molar-refractivity contribution in [1.82, 2.24) is 19.9 Å². The van der Waals surface area contributed by atoms with Gasteiger partial charge in [0.25, 0.3) is 5.91 Å². The lowest BCUT2D eigenvalue weighted by Gasteiger charge is -2.06. The molecule has 25 heavy (non-hydrogen) atoms. The summed E-state index contributed by atoms with van der Waals surface area (Å²) in [6.07, 6.45) is 3.27. The second kappa shape index (κ2) is 5.75. The predicted octanol–water partition coefficient (Wildman–Crippen LogP) is 3.68. The van der Waals surface area contributed by atoms with Gasteiger partial charge < -0.3 is 15.7 Å². The summed E-state index contributed by atoms with van der Waals surface area (Å²) >= 11 is 6.13. The minimum Gasteiger partial charge on any atom is -0.364 e. The van der Waals surface area contributed by atoms with E-state index in [9.17, 15) is 4.79 Å². The number of halogens is 1. The molecule has 124 valence electrons. The van der Waals surface area contributed by atoms with Gasteiger partial charge in [-0.1, -0.05) is 17.7 Å². The van der Waals surface area contributed by atoms with E-state index in [-0.39, 0.29) is 0 Å². The molecule has 4 rings (SSSR count). The number of hydrogen-bond donors (Lipinski definition) is 3. The molecule has 0 radical (unpaired) electrons.